The minimum absolute atomic E-state index is 0.0425. The Morgan fingerprint density at radius 2 is 1.63 bits per heavy atom. The van der Waals surface area contributed by atoms with Crippen LogP contribution < -0.4 is 10.2 Å². The predicted octanol–water partition coefficient (Wildman–Crippen LogP) is 4.86. The SMILES string of the molecule is O=C(/C=C/c1ccc(Cl)c([N+](=O)[O-])c1)Nc1ccc(N2CCN(C(=O)c3ccccc3)CC2)cc1. The molecule has 0 saturated carbocycles. The van der Waals surface area contributed by atoms with Crippen molar-refractivity contribution in [1.82, 2.24) is 4.90 Å². The lowest BCUT2D eigenvalue weighted by atomic mass is 10.1. The van der Waals surface area contributed by atoms with Gasteiger partial charge in [0.05, 0.1) is 4.92 Å². The molecular formula is C26H23ClN4O4. The molecule has 0 radical (unpaired) electrons. The van der Waals surface area contributed by atoms with Gasteiger partial charge in [-0.3, -0.25) is 19.7 Å². The number of nitro benzene ring substituents is 1. The van der Waals surface area contributed by atoms with Crippen LogP contribution >= 0.6 is 11.6 Å². The molecule has 0 spiro atoms. The second kappa shape index (κ2) is 10.8. The number of hydrogen-bond acceptors (Lipinski definition) is 5. The Bertz CT molecular complexity index is 1250. The van der Waals surface area contributed by atoms with Gasteiger partial charge < -0.3 is 15.1 Å². The molecule has 35 heavy (non-hydrogen) atoms. The van der Waals surface area contributed by atoms with E-state index < -0.39 is 4.92 Å². The minimum Gasteiger partial charge on any atom is -0.368 e. The Balaban J connectivity index is 1.30. The summed E-state index contributed by atoms with van der Waals surface area (Å²) >= 11 is 5.81. The highest BCUT2D eigenvalue weighted by Gasteiger charge is 2.22. The Labute approximate surface area is 207 Å². The second-order valence-electron chi connectivity index (χ2n) is 7.98. The van der Waals surface area contributed by atoms with E-state index in [-0.39, 0.29) is 22.5 Å². The van der Waals surface area contributed by atoms with Crippen LogP contribution in [-0.4, -0.2) is 47.8 Å². The predicted molar refractivity (Wildman–Crippen MR) is 137 cm³/mol. The van der Waals surface area contributed by atoms with E-state index in [0.29, 0.717) is 29.9 Å². The number of nitro groups is 1. The third kappa shape index (κ3) is 6.04. The molecule has 0 aliphatic carbocycles. The van der Waals surface area contributed by atoms with Crippen molar-refractivity contribution in [1.29, 1.82) is 0 Å². The third-order valence-electron chi connectivity index (χ3n) is 5.68. The summed E-state index contributed by atoms with van der Waals surface area (Å²) in [7, 11) is 0. The van der Waals surface area contributed by atoms with Crippen LogP contribution in [0.15, 0.2) is 78.9 Å². The molecule has 1 heterocycles. The normalized spacial score (nSPS) is 13.6. The van der Waals surface area contributed by atoms with E-state index in [1.165, 1.54) is 24.3 Å². The van der Waals surface area contributed by atoms with Gasteiger partial charge in [0, 0.05) is 55.3 Å². The largest absolute Gasteiger partial charge is 0.368 e. The standard InChI is InChI=1S/C26H23ClN4O4/c27-23-12-6-19(18-24(23)31(34)35)7-13-25(32)28-21-8-10-22(11-9-21)29-14-16-30(17-15-29)26(33)20-4-2-1-3-5-20/h1-13,18H,14-17H2,(H,28,32)/b13-7+. The van der Waals surface area contributed by atoms with Crippen LogP contribution in [0.25, 0.3) is 6.08 Å². The number of benzene rings is 3. The molecule has 8 nitrogen and oxygen atoms in total. The van der Waals surface area contributed by atoms with Crippen LogP contribution in [0.2, 0.25) is 5.02 Å². The average Bonchev–Trinajstić information content (AvgIpc) is 2.88. The van der Waals surface area contributed by atoms with Crippen LogP contribution in [-0.2, 0) is 4.79 Å². The fourth-order valence-corrected chi connectivity index (χ4v) is 4.00. The Morgan fingerprint density at radius 3 is 2.29 bits per heavy atom. The summed E-state index contributed by atoms with van der Waals surface area (Å²) in [6.45, 7) is 2.72. The molecule has 0 bridgehead atoms. The highest BCUT2D eigenvalue weighted by molar-refractivity contribution is 6.32. The second-order valence-corrected chi connectivity index (χ2v) is 8.39. The van der Waals surface area contributed by atoms with Crippen molar-refractivity contribution in [3.8, 4) is 0 Å². The van der Waals surface area contributed by atoms with E-state index in [4.69, 9.17) is 11.6 Å². The van der Waals surface area contributed by atoms with Gasteiger partial charge in [0.15, 0.2) is 0 Å². The molecular weight excluding hydrogens is 468 g/mol. The van der Waals surface area contributed by atoms with Gasteiger partial charge in [-0.2, -0.15) is 0 Å². The summed E-state index contributed by atoms with van der Waals surface area (Å²) in [6.07, 6.45) is 2.80. The van der Waals surface area contributed by atoms with Crippen LogP contribution in [0.4, 0.5) is 17.1 Å². The van der Waals surface area contributed by atoms with E-state index in [1.807, 2.05) is 59.5 Å². The molecule has 1 N–H and O–H groups in total. The minimum atomic E-state index is -0.567. The number of nitrogens with one attached hydrogen (secondary N) is 1. The van der Waals surface area contributed by atoms with Gasteiger partial charge in [-0.15, -0.1) is 0 Å². The van der Waals surface area contributed by atoms with E-state index in [2.05, 4.69) is 10.2 Å². The monoisotopic (exact) mass is 490 g/mol. The fraction of sp³-hybridized carbons (Fsp3) is 0.154. The van der Waals surface area contributed by atoms with Gasteiger partial charge in [-0.25, -0.2) is 0 Å². The van der Waals surface area contributed by atoms with Gasteiger partial charge in [0.25, 0.3) is 11.6 Å². The zero-order chi connectivity index (χ0) is 24.8. The van der Waals surface area contributed by atoms with Gasteiger partial charge in [0.2, 0.25) is 5.91 Å². The summed E-state index contributed by atoms with van der Waals surface area (Å²) in [5.41, 5.74) is 2.62. The highest BCUT2D eigenvalue weighted by Crippen LogP contribution is 2.25. The highest BCUT2D eigenvalue weighted by atomic mass is 35.5. The maximum Gasteiger partial charge on any atom is 0.288 e. The first-order chi connectivity index (χ1) is 16.9. The molecule has 4 rings (SSSR count). The molecule has 0 unspecified atom stereocenters. The zero-order valence-corrected chi connectivity index (χ0v) is 19.5. The van der Waals surface area contributed by atoms with E-state index in [9.17, 15) is 19.7 Å². The molecule has 1 fully saturated rings. The van der Waals surface area contributed by atoms with Crippen molar-refractivity contribution in [3.05, 3.63) is 105 Å². The van der Waals surface area contributed by atoms with E-state index >= 15 is 0 Å². The van der Waals surface area contributed by atoms with Gasteiger partial charge >= 0.3 is 0 Å². The van der Waals surface area contributed by atoms with Crippen molar-refractivity contribution in [3.63, 3.8) is 0 Å². The topological polar surface area (TPSA) is 95.8 Å². The number of rotatable bonds is 6. The first-order valence-corrected chi connectivity index (χ1v) is 11.4. The van der Waals surface area contributed by atoms with Crippen LogP contribution in [0.1, 0.15) is 15.9 Å². The van der Waals surface area contributed by atoms with Crippen LogP contribution in [0.5, 0.6) is 0 Å². The van der Waals surface area contributed by atoms with Crippen molar-refractivity contribution < 1.29 is 14.5 Å². The lowest BCUT2D eigenvalue weighted by molar-refractivity contribution is -0.384. The molecule has 2 amide bonds. The number of carbonyl (C=O) groups excluding carboxylic acids is 2. The fourth-order valence-electron chi connectivity index (χ4n) is 3.82. The van der Waals surface area contributed by atoms with Gasteiger partial charge in [0.1, 0.15) is 5.02 Å². The smallest absolute Gasteiger partial charge is 0.288 e. The van der Waals surface area contributed by atoms with Crippen LogP contribution in [0, 0.1) is 10.1 Å². The molecule has 0 atom stereocenters. The number of nitrogens with zero attached hydrogens (tertiary/aromatic N) is 3. The molecule has 178 valence electrons. The molecule has 1 saturated heterocycles. The first kappa shape index (κ1) is 24.0. The number of halogens is 1. The number of amides is 2. The van der Waals surface area contributed by atoms with Gasteiger partial charge in [-0.05, 0) is 54.1 Å². The molecule has 3 aromatic rings. The Morgan fingerprint density at radius 1 is 0.943 bits per heavy atom. The molecule has 1 aliphatic heterocycles. The Kier molecular flexibility index (Phi) is 7.42. The quantitative estimate of drug-likeness (QED) is 0.302. The van der Waals surface area contributed by atoms with Crippen molar-refractivity contribution >= 4 is 46.6 Å². The summed E-state index contributed by atoms with van der Waals surface area (Å²) < 4.78 is 0. The van der Waals surface area contributed by atoms with Crippen molar-refractivity contribution in [2.24, 2.45) is 0 Å². The maximum atomic E-state index is 12.6. The van der Waals surface area contributed by atoms with Gasteiger partial charge in [-0.1, -0.05) is 35.9 Å². The molecule has 9 heteroatoms. The Hall–Kier alpha value is -4.17. The summed E-state index contributed by atoms with van der Waals surface area (Å²) in [6, 6.07) is 21.1. The number of anilines is 2. The average molecular weight is 491 g/mol. The van der Waals surface area contributed by atoms with Crippen molar-refractivity contribution in [2.45, 2.75) is 0 Å². The summed E-state index contributed by atoms with van der Waals surface area (Å²) in [5, 5.41) is 13.8. The summed E-state index contributed by atoms with van der Waals surface area (Å²) in [4.78, 5) is 39.4. The molecule has 1 aliphatic rings. The number of carbonyl (C=O) groups is 2. The zero-order valence-electron chi connectivity index (χ0n) is 18.8. The molecule has 3 aromatic carbocycles. The number of piperazine rings is 1. The molecule has 0 aromatic heterocycles. The third-order valence-corrected chi connectivity index (χ3v) is 6.00. The van der Waals surface area contributed by atoms with Crippen molar-refractivity contribution in [2.75, 3.05) is 36.4 Å². The lowest BCUT2D eigenvalue weighted by Gasteiger charge is -2.36. The van der Waals surface area contributed by atoms with E-state index in [1.54, 1.807) is 6.07 Å². The van der Waals surface area contributed by atoms with E-state index in [0.717, 1.165) is 18.8 Å². The van der Waals surface area contributed by atoms with Crippen LogP contribution in [0.3, 0.4) is 0 Å². The summed E-state index contributed by atoms with van der Waals surface area (Å²) in [5.74, 6) is -0.312. The number of hydrogen-bond donors (Lipinski definition) is 1. The maximum absolute atomic E-state index is 12.6. The first-order valence-electron chi connectivity index (χ1n) is 11.0. The lowest BCUT2D eigenvalue weighted by Crippen LogP contribution is -2.48.